The Morgan fingerprint density at radius 1 is 0.367 bits per heavy atom. The number of ether oxygens (including phenoxy) is 3. The van der Waals surface area contributed by atoms with Crippen LogP contribution >= 0.6 is 35.3 Å². The Hall–Kier alpha value is -1.32. The minimum Gasteiger partial charge on any atom is -0.461 e. The van der Waals surface area contributed by atoms with Crippen molar-refractivity contribution in [3.05, 3.63) is 36.5 Å². The lowest BCUT2D eigenvalue weighted by Crippen LogP contribution is -2.32. The zero-order chi connectivity index (χ0) is 43.7. The Kier molecular flexibility index (Phi) is 49.2. The molecule has 0 saturated carbocycles. The first-order chi connectivity index (χ1) is 29.5. The van der Waals surface area contributed by atoms with E-state index in [9.17, 15) is 14.4 Å². The van der Waals surface area contributed by atoms with Crippen molar-refractivity contribution >= 4 is 53.2 Å². The number of rotatable bonds is 47. The first-order valence-corrected chi connectivity index (χ1v) is 28.2. The van der Waals surface area contributed by atoms with E-state index in [-0.39, 0.29) is 48.4 Å². The summed E-state index contributed by atoms with van der Waals surface area (Å²) >= 11 is 4.72. The highest BCUT2D eigenvalue weighted by Gasteiger charge is 2.20. The molecule has 60 heavy (non-hydrogen) atoms. The zero-order valence-corrected chi connectivity index (χ0v) is 41.5. The molecule has 0 aromatic rings. The van der Waals surface area contributed by atoms with Crippen LogP contribution in [-0.2, 0) is 28.6 Å². The van der Waals surface area contributed by atoms with Gasteiger partial charge in [-0.3, -0.25) is 14.4 Å². The van der Waals surface area contributed by atoms with Crippen LogP contribution in [0.15, 0.2) is 36.5 Å². The Morgan fingerprint density at radius 3 is 0.933 bits per heavy atom. The van der Waals surface area contributed by atoms with Crippen LogP contribution in [0.4, 0.5) is 0 Å². The van der Waals surface area contributed by atoms with E-state index >= 15 is 0 Å². The van der Waals surface area contributed by atoms with Crippen molar-refractivity contribution < 1.29 is 28.6 Å². The molecule has 0 unspecified atom stereocenters. The summed E-state index contributed by atoms with van der Waals surface area (Å²) in [4.78, 5) is 37.9. The van der Waals surface area contributed by atoms with Gasteiger partial charge in [0.25, 0.3) is 0 Å². The average molecular weight is 897 g/mol. The molecule has 0 atom stereocenters. The normalized spacial score (nSPS) is 11.8. The van der Waals surface area contributed by atoms with E-state index in [4.69, 9.17) is 14.2 Å². The maximum atomic E-state index is 12.7. The molecule has 0 saturated heterocycles. The van der Waals surface area contributed by atoms with Crippen molar-refractivity contribution in [2.45, 2.75) is 219 Å². The lowest BCUT2D eigenvalue weighted by molar-refractivity contribution is -0.163. The van der Waals surface area contributed by atoms with E-state index < -0.39 is 6.10 Å². The predicted molar refractivity (Wildman–Crippen MR) is 267 cm³/mol. The molecule has 0 aliphatic heterocycles. The average Bonchev–Trinajstić information content (AvgIpc) is 3.24. The van der Waals surface area contributed by atoms with Gasteiger partial charge in [0.05, 0.1) is 17.3 Å². The van der Waals surface area contributed by atoms with Gasteiger partial charge in [-0.15, -0.1) is 0 Å². The molecule has 0 heterocycles. The number of esters is 3. The van der Waals surface area contributed by atoms with Gasteiger partial charge in [0.1, 0.15) is 13.2 Å². The van der Waals surface area contributed by atoms with Crippen molar-refractivity contribution in [3.8, 4) is 0 Å². The first-order valence-electron chi connectivity index (χ1n) is 24.7. The van der Waals surface area contributed by atoms with E-state index in [1.54, 1.807) is 35.3 Å². The highest BCUT2D eigenvalue weighted by Crippen LogP contribution is 2.14. The molecule has 0 amide bonds. The quantitative estimate of drug-likeness (QED) is 0.0257. The Morgan fingerprint density at radius 2 is 0.633 bits per heavy atom. The predicted octanol–water partition coefficient (Wildman–Crippen LogP) is 15.6. The van der Waals surface area contributed by atoms with E-state index in [0.717, 1.165) is 75.0 Å². The maximum absolute atomic E-state index is 12.7. The van der Waals surface area contributed by atoms with Gasteiger partial charge in [-0.1, -0.05) is 154 Å². The molecule has 350 valence electrons. The molecule has 0 rings (SSSR count). The molecular formula is C51H92O6S3. The largest absolute Gasteiger partial charge is 0.461 e. The molecule has 0 N–H and O–H groups in total. The fraction of sp³-hybridized carbons (Fsp3) is 0.824. The van der Waals surface area contributed by atoms with Crippen LogP contribution < -0.4 is 0 Å². The number of allylic oxidation sites excluding steroid dienone is 6. The fourth-order valence-corrected chi connectivity index (χ4v) is 8.88. The molecular weight excluding hydrogens is 805 g/mol. The lowest BCUT2D eigenvalue weighted by Gasteiger charge is -2.18. The molecule has 0 bridgehead atoms. The summed E-state index contributed by atoms with van der Waals surface area (Å²) in [6.07, 6.45) is 50.1. The molecule has 0 aromatic carbocycles. The van der Waals surface area contributed by atoms with Crippen LogP contribution in [0.2, 0.25) is 0 Å². The number of hydrogen-bond donors (Lipinski definition) is 0. The van der Waals surface area contributed by atoms with E-state index in [1.807, 2.05) is 0 Å². The maximum Gasteiger partial charge on any atom is 0.316 e. The molecule has 0 aliphatic rings. The van der Waals surface area contributed by atoms with Crippen molar-refractivity contribution in [3.63, 3.8) is 0 Å². The highest BCUT2D eigenvalue weighted by atomic mass is 32.2. The van der Waals surface area contributed by atoms with Crippen molar-refractivity contribution in [1.29, 1.82) is 0 Å². The van der Waals surface area contributed by atoms with Gasteiger partial charge < -0.3 is 14.2 Å². The first kappa shape index (κ1) is 58.7. The van der Waals surface area contributed by atoms with Gasteiger partial charge >= 0.3 is 17.9 Å². The second-order valence-corrected chi connectivity index (χ2v) is 19.5. The zero-order valence-electron chi connectivity index (χ0n) is 39.1. The molecule has 0 aliphatic carbocycles. The van der Waals surface area contributed by atoms with Gasteiger partial charge in [-0.2, -0.15) is 35.3 Å². The molecule has 0 radical (unpaired) electrons. The molecule has 6 nitrogen and oxygen atoms in total. The number of carbonyl (C=O) groups excluding carboxylic acids is 3. The Balaban J connectivity index is 4.40. The van der Waals surface area contributed by atoms with Crippen LogP contribution in [-0.4, -0.2) is 71.7 Å². The third-order valence-corrected chi connectivity index (χ3v) is 13.3. The number of unbranched alkanes of at least 4 members (excludes halogenated alkanes) is 24. The van der Waals surface area contributed by atoms with Crippen molar-refractivity contribution in [2.75, 3.05) is 47.7 Å². The summed E-state index contributed by atoms with van der Waals surface area (Å²) in [6, 6.07) is 0. The second-order valence-electron chi connectivity index (χ2n) is 16.2. The van der Waals surface area contributed by atoms with Crippen LogP contribution in [0.25, 0.3) is 0 Å². The Labute approximate surface area is 383 Å². The summed E-state index contributed by atoms with van der Waals surface area (Å²) in [6.45, 7) is 6.54. The minimum atomic E-state index is -0.812. The standard InChI is InChI=1S/C51H92O6S3/c1-4-7-10-13-16-19-22-25-28-31-34-37-40-58-45-49(52)55-43-48(57-51(54)47-60-42-39-36-33-30-27-24-21-18-15-12-9-6-3)44-56-50(53)46-59-41-38-35-32-29-26-23-20-17-14-11-8-5-2/h22-27,48H,4-21,28-47H2,1-3H3/b25-22-,26-23-,27-24-. The summed E-state index contributed by atoms with van der Waals surface area (Å²) < 4.78 is 16.7. The monoisotopic (exact) mass is 897 g/mol. The third kappa shape index (κ3) is 47.7. The summed E-state index contributed by atoms with van der Waals surface area (Å²) in [5.41, 5.74) is 0. The summed E-state index contributed by atoms with van der Waals surface area (Å²) in [7, 11) is 0. The SMILES string of the molecule is CCCCCCC/C=C\CCCCCSCC(=O)OCC(COC(=O)CSCCCCC/C=C\CCCCCCC)OC(=O)CSCCCCC/C=C\CCCCCCC. The molecule has 0 fully saturated rings. The van der Waals surface area contributed by atoms with Gasteiger partial charge in [-0.05, 0) is 114 Å². The molecule has 9 heteroatoms. The second kappa shape index (κ2) is 50.3. The smallest absolute Gasteiger partial charge is 0.316 e. The number of carbonyl (C=O) groups is 3. The fourth-order valence-electron chi connectivity index (χ4n) is 6.49. The number of hydrogen-bond acceptors (Lipinski definition) is 9. The van der Waals surface area contributed by atoms with Gasteiger partial charge in [0, 0.05) is 0 Å². The summed E-state index contributed by atoms with van der Waals surface area (Å²) in [5.74, 6) is 2.42. The third-order valence-electron chi connectivity index (χ3n) is 10.2. The lowest BCUT2D eigenvalue weighted by atomic mass is 10.1. The van der Waals surface area contributed by atoms with E-state index in [0.29, 0.717) is 0 Å². The number of thioether (sulfide) groups is 3. The van der Waals surface area contributed by atoms with Crippen molar-refractivity contribution in [2.24, 2.45) is 0 Å². The van der Waals surface area contributed by atoms with Crippen LogP contribution in [0, 0.1) is 0 Å². The molecule has 0 aromatic heterocycles. The van der Waals surface area contributed by atoms with Gasteiger partial charge in [0.2, 0.25) is 0 Å². The highest BCUT2D eigenvalue weighted by molar-refractivity contribution is 8.00. The van der Waals surface area contributed by atoms with Gasteiger partial charge in [-0.25, -0.2) is 0 Å². The van der Waals surface area contributed by atoms with E-state index in [1.165, 1.54) is 135 Å². The molecule has 0 spiro atoms. The van der Waals surface area contributed by atoms with E-state index in [2.05, 4.69) is 57.2 Å². The van der Waals surface area contributed by atoms with Crippen LogP contribution in [0.1, 0.15) is 213 Å². The van der Waals surface area contributed by atoms with Crippen LogP contribution in [0.5, 0.6) is 0 Å². The van der Waals surface area contributed by atoms with Gasteiger partial charge in [0.15, 0.2) is 6.10 Å². The van der Waals surface area contributed by atoms with Crippen LogP contribution in [0.3, 0.4) is 0 Å². The topological polar surface area (TPSA) is 78.9 Å². The summed E-state index contributed by atoms with van der Waals surface area (Å²) in [5, 5.41) is 0. The minimum absolute atomic E-state index is 0.110. The Bertz CT molecular complexity index is 978. The van der Waals surface area contributed by atoms with Crippen molar-refractivity contribution in [1.82, 2.24) is 0 Å².